The Kier molecular flexibility index (Phi) is 2.87. The Labute approximate surface area is 98.5 Å². The molecule has 0 saturated heterocycles. The van der Waals surface area contributed by atoms with Crippen molar-refractivity contribution in [1.82, 2.24) is 4.98 Å². The fraction of sp³-hybridized carbons (Fsp3) is 0.154. The van der Waals surface area contributed by atoms with E-state index in [9.17, 15) is 4.79 Å². The summed E-state index contributed by atoms with van der Waals surface area (Å²) < 4.78 is 5.25. The van der Waals surface area contributed by atoms with E-state index in [1.54, 1.807) is 13.2 Å². The second-order valence-electron chi connectivity index (χ2n) is 3.72. The quantitative estimate of drug-likeness (QED) is 0.798. The molecule has 4 nitrogen and oxygen atoms in total. The van der Waals surface area contributed by atoms with Crippen LogP contribution < -0.4 is 4.74 Å². The number of aryl methyl sites for hydroxylation is 1. The van der Waals surface area contributed by atoms with Crippen LogP contribution in [0.5, 0.6) is 5.75 Å². The van der Waals surface area contributed by atoms with Crippen molar-refractivity contribution >= 4 is 22.9 Å². The maximum Gasteiger partial charge on any atom is 0.328 e. The smallest absolute Gasteiger partial charge is 0.328 e. The van der Waals surface area contributed by atoms with Gasteiger partial charge in [0.1, 0.15) is 5.75 Å². The van der Waals surface area contributed by atoms with Gasteiger partial charge in [0.15, 0.2) is 0 Å². The minimum atomic E-state index is -0.963. The van der Waals surface area contributed by atoms with Crippen molar-refractivity contribution in [3.63, 3.8) is 0 Å². The molecule has 0 bridgehead atoms. The maximum atomic E-state index is 10.5. The van der Waals surface area contributed by atoms with E-state index in [-0.39, 0.29) is 0 Å². The molecule has 0 unspecified atom stereocenters. The summed E-state index contributed by atoms with van der Waals surface area (Å²) in [6.07, 6.45) is 2.67. The highest BCUT2D eigenvalue weighted by molar-refractivity contribution is 5.93. The number of hydrogen-bond acceptors (Lipinski definition) is 2. The number of fused-ring (bicyclic) bond motifs is 1. The predicted octanol–water partition coefficient (Wildman–Crippen LogP) is 2.58. The molecule has 2 aromatic rings. The highest BCUT2D eigenvalue weighted by Crippen LogP contribution is 2.29. The summed E-state index contributed by atoms with van der Waals surface area (Å²) >= 11 is 0. The number of methoxy groups -OCH3 is 1. The summed E-state index contributed by atoms with van der Waals surface area (Å²) in [4.78, 5) is 13.7. The second kappa shape index (κ2) is 4.33. The Balaban J connectivity index is 2.60. The monoisotopic (exact) mass is 231 g/mol. The van der Waals surface area contributed by atoms with Gasteiger partial charge in [-0.25, -0.2) is 4.79 Å². The standard InChI is InChI=1S/C13H13NO3/c1-8-9-4-3-5-11(17-2)13(9)14-10(8)6-7-12(15)16/h3-7,14H,1-2H3,(H,15,16)/b7-6+. The lowest BCUT2D eigenvalue weighted by Crippen LogP contribution is -1.86. The Morgan fingerprint density at radius 2 is 2.24 bits per heavy atom. The van der Waals surface area contributed by atoms with Crippen molar-refractivity contribution in [3.8, 4) is 5.75 Å². The Bertz CT molecular complexity index is 596. The molecular weight excluding hydrogens is 218 g/mol. The van der Waals surface area contributed by atoms with Gasteiger partial charge in [-0.3, -0.25) is 0 Å². The number of H-pyrrole nitrogens is 1. The number of rotatable bonds is 3. The highest BCUT2D eigenvalue weighted by Gasteiger charge is 2.09. The number of para-hydroxylation sites is 1. The van der Waals surface area contributed by atoms with Crippen molar-refractivity contribution in [2.45, 2.75) is 6.92 Å². The number of aromatic amines is 1. The molecule has 0 fully saturated rings. The first-order valence-corrected chi connectivity index (χ1v) is 5.19. The van der Waals surface area contributed by atoms with Crippen LogP contribution in [-0.2, 0) is 4.79 Å². The molecule has 1 aromatic carbocycles. The Hall–Kier alpha value is -2.23. The molecule has 17 heavy (non-hydrogen) atoms. The topological polar surface area (TPSA) is 62.3 Å². The zero-order valence-electron chi connectivity index (χ0n) is 9.65. The highest BCUT2D eigenvalue weighted by atomic mass is 16.5. The molecule has 0 atom stereocenters. The van der Waals surface area contributed by atoms with Gasteiger partial charge in [0.2, 0.25) is 0 Å². The van der Waals surface area contributed by atoms with Gasteiger partial charge < -0.3 is 14.8 Å². The first kappa shape index (κ1) is 11.3. The van der Waals surface area contributed by atoms with Crippen LogP contribution in [0.2, 0.25) is 0 Å². The molecule has 0 aliphatic heterocycles. The second-order valence-corrected chi connectivity index (χ2v) is 3.72. The number of nitrogens with one attached hydrogen (secondary N) is 1. The lowest BCUT2D eigenvalue weighted by Gasteiger charge is -2.00. The molecule has 4 heteroatoms. The van der Waals surface area contributed by atoms with Crippen LogP contribution in [0.3, 0.4) is 0 Å². The van der Waals surface area contributed by atoms with Crippen molar-refractivity contribution in [2.24, 2.45) is 0 Å². The minimum Gasteiger partial charge on any atom is -0.495 e. The summed E-state index contributed by atoms with van der Waals surface area (Å²) in [5.74, 6) is -0.212. The van der Waals surface area contributed by atoms with Gasteiger partial charge in [0.05, 0.1) is 12.6 Å². The van der Waals surface area contributed by atoms with Gasteiger partial charge in [-0.15, -0.1) is 0 Å². The Morgan fingerprint density at radius 1 is 1.47 bits per heavy atom. The largest absolute Gasteiger partial charge is 0.495 e. The molecule has 0 radical (unpaired) electrons. The number of ether oxygens (including phenoxy) is 1. The van der Waals surface area contributed by atoms with Gasteiger partial charge in [0, 0.05) is 17.2 Å². The number of hydrogen-bond donors (Lipinski definition) is 2. The van der Waals surface area contributed by atoms with Crippen LogP contribution >= 0.6 is 0 Å². The summed E-state index contributed by atoms with van der Waals surface area (Å²) in [7, 11) is 1.61. The van der Waals surface area contributed by atoms with Gasteiger partial charge in [-0.05, 0) is 24.6 Å². The van der Waals surface area contributed by atoms with Crippen molar-refractivity contribution in [2.75, 3.05) is 7.11 Å². The van der Waals surface area contributed by atoms with E-state index in [4.69, 9.17) is 9.84 Å². The zero-order chi connectivity index (χ0) is 12.4. The van der Waals surface area contributed by atoms with E-state index >= 15 is 0 Å². The van der Waals surface area contributed by atoms with Gasteiger partial charge in [-0.1, -0.05) is 12.1 Å². The molecule has 0 aliphatic carbocycles. The molecule has 0 aliphatic rings. The van der Waals surface area contributed by atoms with Crippen LogP contribution in [0.4, 0.5) is 0 Å². The van der Waals surface area contributed by atoms with Crippen LogP contribution in [0.25, 0.3) is 17.0 Å². The summed E-state index contributed by atoms with van der Waals surface area (Å²) in [6, 6.07) is 5.75. The van der Waals surface area contributed by atoms with Gasteiger partial charge in [-0.2, -0.15) is 0 Å². The SMILES string of the molecule is COc1cccc2c(C)c(/C=C/C(=O)O)[nH]c12. The number of aliphatic carboxylic acids is 1. The minimum absolute atomic E-state index is 0.751. The Morgan fingerprint density at radius 3 is 2.88 bits per heavy atom. The average Bonchev–Trinajstić information content (AvgIpc) is 2.64. The lowest BCUT2D eigenvalue weighted by molar-refractivity contribution is -0.131. The fourth-order valence-corrected chi connectivity index (χ4v) is 1.84. The summed E-state index contributed by atoms with van der Waals surface area (Å²) in [5, 5.41) is 9.65. The molecule has 0 amide bonds. The van der Waals surface area contributed by atoms with Gasteiger partial charge in [0.25, 0.3) is 0 Å². The molecule has 2 N–H and O–H groups in total. The third-order valence-corrected chi connectivity index (χ3v) is 2.71. The molecule has 0 saturated carbocycles. The first-order chi connectivity index (χ1) is 8.13. The number of carboxylic acid groups (broad SMARTS) is 1. The molecule has 1 heterocycles. The van der Waals surface area contributed by atoms with E-state index in [1.807, 2.05) is 25.1 Å². The lowest BCUT2D eigenvalue weighted by atomic mass is 10.1. The molecule has 0 spiro atoms. The number of carboxylic acids is 1. The normalized spacial score (nSPS) is 11.2. The predicted molar refractivity (Wildman–Crippen MR) is 66.3 cm³/mol. The van der Waals surface area contributed by atoms with Crippen molar-refractivity contribution in [3.05, 3.63) is 35.5 Å². The van der Waals surface area contributed by atoms with Crippen LogP contribution in [-0.4, -0.2) is 23.2 Å². The van der Waals surface area contributed by atoms with Crippen molar-refractivity contribution in [1.29, 1.82) is 0 Å². The number of benzene rings is 1. The van der Waals surface area contributed by atoms with Crippen LogP contribution in [0.1, 0.15) is 11.3 Å². The molecular formula is C13H13NO3. The molecule has 2 rings (SSSR count). The fourth-order valence-electron chi connectivity index (χ4n) is 1.84. The molecule has 88 valence electrons. The van der Waals surface area contributed by atoms with E-state index in [0.717, 1.165) is 34.0 Å². The third kappa shape index (κ3) is 2.01. The van der Waals surface area contributed by atoms with E-state index in [1.165, 1.54) is 0 Å². The third-order valence-electron chi connectivity index (χ3n) is 2.71. The maximum absolute atomic E-state index is 10.5. The van der Waals surface area contributed by atoms with Crippen molar-refractivity contribution < 1.29 is 14.6 Å². The van der Waals surface area contributed by atoms with Gasteiger partial charge >= 0.3 is 5.97 Å². The van der Waals surface area contributed by atoms with Crippen LogP contribution in [0, 0.1) is 6.92 Å². The zero-order valence-corrected chi connectivity index (χ0v) is 9.65. The van der Waals surface area contributed by atoms with E-state index in [2.05, 4.69) is 4.98 Å². The van der Waals surface area contributed by atoms with E-state index in [0.29, 0.717) is 0 Å². The number of carbonyl (C=O) groups is 1. The summed E-state index contributed by atoms with van der Waals surface area (Å²) in [6.45, 7) is 1.94. The first-order valence-electron chi connectivity index (χ1n) is 5.19. The van der Waals surface area contributed by atoms with E-state index < -0.39 is 5.97 Å². The average molecular weight is 231 g/mol. The van der Waals surface area contributed by atoms with Crippen LogP contribution in [0.15, 0.2) is 24.3 Å². The molecule has 1 aromatic heterocycles. The summed E-state index contributed by atoms with van der Waals surface area (Å²) in [5.41, 5.74) is 2.68. The number of aromatic nitrogens is 1.